The van der Waals surface area contributed by atoms with Gasteiger partial charge in [-0.2, -0.15) is 9.57 Å². The lowest BCUT2D eigenvalue weighted by Gasteiger charge is -2.38. The van der Waals surface area contributed by atoms with Crippen LogP contribution >= 0.6 is 0 Å². The number of sulfonamides is 1. The van der Waals surface area contributed by atoms with Crippen LogP contribution in [0.15, 0.2) is 29.2 Å². The van der Waals surface area contributed by atoms with Gasteiger partial charge in [0.25, 0.3) is 0 Å². The number of nitriles is 1. The van der Waals surface area contributed by atoms with Crippen molar-refractivity contribution in [3.05, 3.63) is 29.8 Å². The van der Waals surface area contributed by atoms with Gasteiger partial charge >= 0.3 is 0 Å². The fourth-order valence-corrected chi connectivity index (χ4v) is 6.70. The van der Waals surface area contributed by atoms with E-state index < -0.39 is 10.0 Å². The van der Waals surface area contributed by atoms with Crippen LogP contribution < -0.4 is 5.32 Å². The number of carbonyl (C=O) groups excluding carboxylic acids is 1. The van der Waals surface area contributed by atoms with Crippen molar-refractivity contribution in [2.45, 2.75) is 55.9 Å². The lowest BCUT2D eigenvalue weighted by Crippen LogP contribution is -2.47. The molecule has 1 aromatic carbocycles. The van der Waals surface area contributed by atoms with Gasteiger partial charge in [0.15, 0.2) is 0 Å². The highest BCUT2D eigenvalue weighted by Gasteiger charge is 2.53. The summed E-state index contributed by atoms with van der Waals surface area (Å²) in [7, 11) is -3.74. The van der Waals surface area contributed by atoms with Crippen molar-refractivity contribution in [2.75, 3.05) is 26.3 Å². The first-order valence-electron chi connectivity index (χ1n) is 10.8. The second kappa shape index (κ2) is 8.66. The molecule has 2 heterocycles. The summed E-state index contributed by atoms with van der Waals surface area (Å²) in [6, 6.07) is 8.18. The number of hydrogen-bond acceptors (Lipinski definition) is 5. The van der Waals surface area contributed by atoms with Crippen molar-refractivity contribution < 1.29 is 17.9 Å². The van der Waals surface area contributed by atoms with E-state index in [-0.39, 0.29) is 34.7 Å². The molecule has 1 atom stereocenters. The minimum Gasteiger partial charge on any atom is -0.381 e. The molecule has 0 radical (unpaired) electrons. The Labute approximate surface area is 178 Å². The highest BCUT2D eigenvalue weighted by Crippen LogP contribution is 2.46. The summed E-state index contributed by atoms with van der Waals surface area (Å²) in [6.45, 7) is 1.64. The van der Waals surface area contributed by atoms with Gasteiger partial charge in [0.2, 0.25) is 15.9 Å². The van der Waals surface area contributed by atoms with Crippen LogP contribution in [0, 0.1) is 22.7 Å². The first kappa shape index (κ1) is 21.3. The summed E-state index contributed by atoms with van der Waals surface area (Å²) in [6.07, 6.45) is 6.86. The number of nitrogens with zero attached hydrogens (tertiary/aromatic N) is 2. The SMILES string of the molecule is N#Cc1ccc(S(=O)(=O)N2C[C@H](C(=O)NC3CCCCC3)C3(CCOCC3)C2)cc1. The van der Waals surface area contributed by atoms with Crippen molar-refractivity contribution in [3.63, 3.8) is 0 Å². The Balaban J connectivity index is 1.57. The molecule has 0 bridgehead atoms. The molecule has 1 amide bonds. The third-order valence-corrected chi connectivity index (χ3v) is 8.82. The number of benzene rings is 1. The van der Waals surface area contributed by atoms with Crippen LogP contribution in [0.4, 0.5) is 0 Å². The molecular weight excluding hydrogens is 402 g/mol. The Bertz CT molecular complexity index is 911. The second-order valence-corrected chi connectivity index (χ2v) is 10.7. The Hall–Kier alpha value is -1.95. The molecule has 3 fully saturated rings. The average molecular weight is 432 g/mol. The van der Waals surface area contributed by atoms with E-state index in [4.69, 9.17) is 10.00 Å². The van der Waals surface area contributed by atoms with Crippen LogP contribution in [0.5, 0.6) is 0 Å². The smallest absolute Gasteiger partial charge is 0.243 e. The fraction of sp³-hybridized carbons (Fsp3) is 0.636. The number of rotatable bonds is 4. The summed E-state index contributed by atoms with van der Waals surface area (Å²) in [5.74, 6) is -0.377. The van der Waals surface area contributed by atoms with Crippen LogP contribution in [-0.2, 0) is 19.6 Å². The predicted octanol–water partition coefficient (Wildman–Crippen LogP) is 2.42. The first-order chi connectivity index (χ1) is 14.4. The van der Waals surface area contributed by atoms with E-state index in [0.29, 0.717) is 38.2 Å². The molecule has 2 saturated heterocycles. The Kier molecular flexibility index (Phi) is 6.14. The highest BCUT2D eigenvalue weighted by molar-refractivity contribution is 7.89. The van der Waals surface area contributed by atoms with Gasteiger partial charge in [-0.25, -0.2) is 8.42 Å². The summed E-state index contributed by atoms with van der Waals surface area (Å²) in [5.41, 5.74) is 0.0393. The number of ether oxygens (including phenoxy) is 1. The molecule has 8 heteroatoms. The summed E-state index contributed by atoms with van der Waals surface area (Å²) in [4.78, 5) is 13.4. The van der Waals surface area contributed by atoms with Gasteiger partial charge in [0.1, 0.15) is 0 Å². The van der Waals surface area contributed by atoms with Crippen molar-refractivity contribution in [2.24, 2.45) is 11.3 Å². The van der Waals surface area contributed by atoms with Gasteiger partial charge in [-0.1, -0.05) is 19.3 Å². The summed E-state index contributed by atoms with van der Waals surface area (Å²) < 4.78 is 33.6. The zero-order chi connectivity index (χ0) is 21.2. The fourth-order valence-electron chi connectivity index (χ4n) is 5.15. The normalized spacial score (nSPS) is 25.1. The molecule has 1 spiro atoms. The van der Waals surface area contributed by atoms with Gasteiger partial charge in [-0.15, -0.1) is 0 Å². The van der Waals surface area contributed by atoms with Crippen molar-refractivity contribution >= 4 is 15.9 Å². The Morgan fingerprint density at radius 2 is 1.80 bits per heavy atom. The van der Waals surface area contributed by atoms with E-state index >= 15 is 0 Å². The molecule has 3 aliphatic rings. The third-order valence-electron chi connectivity index (χ3n) is 6.99. The topological polar surface area (TPSA) is 99.5 Å². The van der Waals surface area contributed by atoms with Crippen LogP contribution in [0.25, 0.3) is 0 Å². The van der Waals surface area contributed by atoms with Gasteiger partial charge in [0, 0.05) is 37.8 Å². The van der Waals surface area contributed by atoms with Crippen LogP contribution in [0.1, 0.15) is 50.5 Å². The number of hydrogen-bond donors (Lipinski definition) is 1. The minimum atomic E-state index is -3.74. The van der Waals surface area contributed by atoms with Gasteiger partial charge in [0.05, 0.1) is 22.4 Å². The lowest BCUT2D eigenvalue weighted by molar-refractivity contribution is -0.130. The summed E-state index contributed by atoms with van der Waals surface area (Å²) >= 11 is 0. The molecule has 1 aliphatic carbocycles. The number of amides is 1. The Morgan fingerprint density at radius 3 is 2.43 bits per heavy atom. The molecule has 0 unspecified atom stereocenters. The molecule has 1 aromatic rings. The van der Waals surface area contributed by atoms with E-state index in [1.165, 1.54) is 35.0 Å². The molecule has 1 N–H and O–H groups in total. The zero-order valence-corrected chi connectivity index (χ0v) is 18.0. The molecule has 7 nitrogen and oxygen atoms in total. The van der Waals surface area contributed by atoms with Crippen LogP contribution in [0.2, 0.25) is 0 Å². The maximum Gasteiger partial charge on any atom is 0.243 e. The van der Waals surface area contributed by atoms with Crippen molar-refractivity contribution in [3.8, 4) is 6.07 Å². The molecular formula is C22H29N3O4S. The monoisotopic (exact) mass is 431 g/mol. The highest BCUT2D eigenvalue weighted by atomic mass is 32.2. The number of carbonyl (C=O) groups is 1. The maximum absolute atomic E-state index is 13.3. The van der Waals surface area contributed by atoms with Gasteiger partial charge in [-0.05, 0) is 49.9 Å². The average Bonchev–Trinajstić information content (AvgIpc) is 3.14. The van der Waals surface area contributed by atoms with Gasteiger partial charge in [-0.3, -0.25) is 4.79 Å². The first-order valence-corrected chi connectivity index (χ1v) is 12.3. The predicted molar refractivity (Wildman–Crippen MR) is 111 cm³/mol. The van der Waals surface area contributed by atoms with Crippen molar-refractivity contribution in [1.29, 1.82) is 5.26 Å². The van der Waals surface area contributed by atoms with Gasteiger partial charge < -0.3 is 10.1 Å². The molecule has 1 saturated carbocycles. The van der Waals surface area contributed by atoms with E-state index in [9.17, 15) is 13.2 Å². The molecule has 4 rings (SSSR count). The van der Waals surface area contributed by atoms with Crippen LogP contribution in [-0.4, -0.2) is 51.0 Å². The second-order valence-electron chi connectivity index (χ2n) is 8.80. The van der Waals surface area contributed by atoms with E-state index in [0.717, 1.165) is 25.7 Å². The zero-order valence-electron chi connectivity index (χ0n) is 17.2. The van der Waals surface area contributed by atoms with Crippen LogP contribution in [0.3, 0.4) is 0 Å². The maximum atomic E-state index is 13.3. The Morgan fingerprint density at radius 1 is 1.13 bits per heavy atom. The van der Waals surface area contributed by atoms with E-state index in [2.05, 4.69) is 5.32 Å². The van der Waals surface area contributed by atoms with E-state index in [1.54, 1.807) is 0 Å². The van der Waals surface area contributed by atoms with E-state index in [1.807, 2.05) is 6.07 Å². The molecule has 162 valence electrons. The minimum absolute atomic E-state index is 0.0127. The lowest BCUT2D eigenvalue weighted by atomic mass is 9.71. The number of nitrogens with one attached hydrogen (secondary N) is 1. The van der Waals surface area contributed by atoms with Crippen molar-refractivity contribution in [1.82, 2.24) is 9.62 Å². The standard InChI is InChI=1S/C22H29N3O4S/c23-14-17-6-8-19(9-7-17)30(27,28)25-15-20(22(16-25)10-12-29-13-11-22)21(26)24-18-4-2-1-3-5-18/h6-9,18,20H,1-5,10-13,15-16H2,(H,24,26)/t20-/m1/s1. The largest absolute Gasteiger partial charge is 0.381 e. The third kappa shape index (κ3) is 4.11. The quantitative estimate of drug-likeness (QED) is 0.789. The molecule has 2 aliphatic heterocycles. The summed E-state index contributed by atoms with van der Waals surface area (Å²) in [5, 5.41) is 12.2. The molecule has 30 heavy (non-hydrogen) atoms. The molecule has 0 aromatic heterocycles.